The minimum Gasteiger partial charge on any atom is -0.323 e. The van der Waals surface area contributed by atoms with Crippen molar-refractivity contribution in [1.82, 2.24) is 0 Å². The van der Waals surface area contributed by atoms with E-state index >= 15 is 0 Å². The van der Waals surface area contributed by atoms with Crippen LogP contribution < -0.4 is 5.84 Å². The van der Waals surface area contributed by atoms with Crippen molar-refractivity contribution in [3.63, 3.8) is 0 Å². The first-order valence-electron chi connectivity index (χ1n) is 2.80. The molecule has 8 heavy (non-hydrogen) atoms. The van der Waals surface area contributed by atoms with Gasteiger partial charge in [-0.25, -0.2) is 0 Å². The number of nitrogens with two attached hydrogens (primary N) is 1. The van der Waals surface area contributed by atoms with Gasteiger partial charge in [0.1, 0.15) is 0 Å². The maximum absolute atomic E-state index is 4.83. The van der Waals surface area contributed by atoms with Crippen molar-refractivity contribution in [1.29, 1.82) is 0 Å². The van der Waals surface area contributed by atoms with E-state index in [1.165, 1.54) is 6.42 Å². The second-order valence-electron chi connectivity index (χ2n) is 1.51. The summed E-state index contributed by atoms with van der Waals surface area (Å²) in [6, 6.07) is 0. The third kappa shape index (κ3) is 5.21. The predicted octanol–water partition coefficient (Wildman–Crippen LogP) is 1.29. The van der Waals surface area contributed by atoms with Gasteiger partial charge < -0.3 is 5.84 Å². The summed E-state index contributed by atoms with van der Waals surface area (Å²) in [5, 5.41) is 3.30. The molecular weight excluding hydrogens is 100 g/mol. The number of hydrogen-bond acceptors (Lipinski definition) is 2. The van der Waals surface area contributed by atoms with E-state index in [0.717, 1.165) is 6.42 Å². The third-order valence-electron chi connectivity index (χ3n) is 0.764. The van der Waals surface area contributed by atoms with Crippen LogP contribution in [0, 0.1) is 0 Å². The van der Waals surface area contributed by atoms with E-state index in [2.05, 4.69) is 12.0 Å². The molecule has 0 saturated heterocycles. The van der Waals surface area contributed by atoms with E-state index in [1.54, 1.807) is 6.21 Å². The highest BCUT2D eigenvalue weighted by molar-refractivity contribution is 5.70. The van der Waals surface area contributed by atoms with Crippen molar-refractivity contribution in [3.8, 4) is 0 Å². The van der Waals surface area contributed by atoms with Gasteiger partial charge in [-0.15, -0.1) is 0 Å². The Morgan fingerprint density at radius 3 is 2.88 bits per heavy atom. The molecule has 0 bridgehead atoms. The van der Waals surface area contributed by atoms with Crippen LogP contribution in [0.2, 0.25) is 0 Å². The van der Waals surface area contributed by atoms with Crippen LogP contribution in [0.5, 0.6) is 0 Å². The van der Waals surface area contributed by atoms with Crippen molar-refractivity contribution < 1.29 is 0 Å². The molecule has 2 heteroatoms. The van der Waals surface area contributed by atoms with E-state index in [-0.39, 0.29) is 0 Å². The molecule has 0 aromatic rings. The molecule has 0 rings (SSSR count). The highest BCUT2D eigenvalue weighted by Gasteiger charge is 1.67. The Morgan fingerprint density at radius 2 is 2.38 bits per heavy atom. The first-order chi connectivity index (χ1) is 3.91. The van der Waals surface area contributed by atoms with Crippen LogP contribution in [0.3, 0.4) is 0 Å². The van der Waals surface area contributed by atoms with Crippen LogP contribution in [0.4, 0.5) is 0 Å². The zero-order valence-corrected chi connectivity index (χ0v) is 5.17. The van der Waals surface area contributed by atoms with Crippen LogP contribution in [-0.4, -0.2) is 6.21 Å². The summed E-state index contributed by atoms with van der Waals surface area (Å²) >= 11 is 0. The number of hydrogen-bond donors (Lipinski definition) is 1. The molecule has 0 saturated carbocycles. The van der Waals surface area contributed by atoms with Gasteiger partial charge in [0.25, 0.3) is 0 Å². The Labute approximate surface area is 50.1 Å². The predicted molar refractivity (Wildman–Crippen MR) is 36.7 cm³/mol. The summed E-state index contributed by atoms with van der Waals surface area (Å²) in [6.07, 6.45) is 7.75. The minimum absolute atomic E-state index is 1.10. The van der Waals surface area contributed by atoms with Crippen LogP contribution in [-0.2, 0) is 0 Å². The normalized spacial score (nSPS) is 11.6. The average Bonchev–Trinajstić information content (AvgIpc) is 1.81. The van der Waals surface area contributed by atoms with Crippen LogP contribution in [0.1, 0.15) is 19.8 Å². The molecule has 0 aliphatic rings. The lowest BCUT2D eigenvalue weighted by Gasteiger charge is -1.77. The SMILES string of the molecule is CCC/C=C\C=N/N. The van der Waals surface area contributed by atoms with Crippen molar-refractivity contribution >= 4 is 6.21 Å². The van der Waals surface area contributed by atoms with Gasteiger partial charge in [0.2, 0.25) is 0 Å². The minimum atomic E-state index is 1.10. The number of unbranched alkanes of at least 4 members (excludes halogenated alkanes) is 1. The molecule has 46 valence electrons. The third-order valence-corrected chi connectivity index (χ3v) is 0.764. The van der Waals surface area contributed by atoms with Crippen LogP contribution >= 0.6 is 0 Å². The maximum atomic E-state index is 4.83. The van der Waals surface area contributed by atoms with Crippen LogP contribution in [0.25, 0.3) is 0 Å². The Hall–Kier alpha value is -0.790. The standard InChI is InChI=1S/C6H12N2/c1-2-3-4-5-6-8-7/h4-6H,2-3,7H2,1H3/b5-4-,8-6-. The van der Waals surface area contributed by atoms with Gasteiger partial charge in [-0.3, -0.25) is 0 Å². The van der Waals surface area contributed by atoms with Gasteiger partial charge in [-0.05, 0) is 12.5 Å². The quantitative estimate of drug-likeness (QED) is 0.333. The van der Waals surface area contributed by atoms with Gasteiger partial charge in [0.05, 0.1) is 0 Å². The summed E-state index contributed by atoms with van der Waals surface area (Å²) in [7, 11) is 0. The molecule has 0 aromatic heterocycles. The molecule has 0 heterocycles. The second kappa shape index (κ2) is 6.21. The topological polar surface area (TPSA) is 38.4 Å². The molecule has 2 nitrogen and oxygen atoms in total. The van der Waals surface area contributed by atoms with Gasteiger partial charge in [0, 0.05) is 6.21 Å². The summed E-state index contributed by atoms with van der Waals surface area (Å²) < 4.78 is 0. The molecular formula is C6H12N2. The molecule has 2 N–H and O–H groups in total. The summed E-state index contributed by atoms with van der Waals surface area (Å²) in [6.45, 7) is 2.13. The highest BCUT2D eigenvalue weighted by atomic mass is 15.1. The van der Waals surface area contributed by atoms with E-state index in [0.29, 0.717) is 0 Å². The fraction of sp³-hybridized carbons (Fsp3) is 0.500. The van der Waals surface area contributed by atoms with Crippen LogP contribution in [0.15, 0.2) is 17.3 Å². The first kappa shape index (κ1) is 7.21. The Balaban J connectivity index is 3.07. The Kier molecular flexibility index (Phi) is 5.60. The smallest absolute Gasteiger partial charge is 0.0462 e. The van der Waals surface area contributed by atoms with Crippen molar-refractivity contribution in [2.75, 3.05) is 0 Å². The largest absolute Gasteiger partial charge is 0.323 e. The average molecular weight is 112 g/mol. The molecule has 0 aliphatic heterocycles. The van der Waals surface area contributed by atoms with E-state index < -0.39 is 0 Å². The monoisotopic (exact) mass is 112 g/mol. The second-order valence-corrected chi connectivity index (χ2v) is 1.51. The lowest BCUT2D eigenvalue weighted by atomic mass is 10.3. The molecule has 0 radical (unpaired) electrons. The fourth-order valence-electron chi connectivity index (χ4n) is 0.373. The van der Waals surface area contributed by atoms with Gasteiger partial charge in [0.15, 0.2) is 0 Å². The number of hydrazone groups is 1. The Morgan fingerprint density at radius 1 is 1.62 bits per heavy atom. The zero-order valence-electron chi connectivity index (χ0n) is 5.17. The summed E-state index contributed by atoms with van der Waals surface area (Å²) in [5.41, 5.74) is 0. The van der Waals surface area contributed by atoms with Gasteiger partial charge in [-0.1, -0.05) is 19.4 Å². The summed E-state index contributed by atoms with van der Waals surface area (Å²) in [5.74, 6) is 4.83. The first-order valence-corrected chi connectivity index (χ1v) is 2.80. The lowest BCUT2D eigenvalue weighted by Crippen LogP contribution is -1.77. The Bertz CT molecular complexity index is 84.5. The fourth-order valence-corrected chi connectivity index (χ4v) is 0.373. The molecule has 0 unspecified atom stereocenters. The molecule has 0 amide bonds. The number of rotatable bonds is 3. The van der Waals surface area contributed by atoms with E-state index in [9.17, 15) is 0 Å². The van der Waals surface area contributed by atoms with Gasteiger partial charge >= 0.3 is 0 Å². The number of allylic oxidation sites excluding steroid dienone is 2. The summed E-state index contributed by atoms with van der Waals surface area (Å²) in [4.78, 5) is 0. The van der Waals surface area contributed by atoms with Gasteiger partial charge in [-0.2, -0.15) is 5.10 Å². The lowest BCUT2D eigenvalue weighted by molar-refractivity contribution is 0.960. The number of nitrogens with zero attached hydrogens (tertiary/aromatic N) is 1. The molecule has 0 atom stereocenters. The zero-order chi connectivity index (χ0) is 6.24. The molecule has 0 aliphatic carbocycles. The molecule has 0 spiro atoms. The van der Waals surface area contributed by atoms with E-state index in [1.807, 2.05) is 12.2 Å². The van der Waals surface area contributed by atoms with Crippen molar-refractivity contribution in [2.45, 2.75) is 19.8 Å². The van der Waals surface area contributed by atoms with Crippen molar-refractivity contribution in [2.24, 2.45) is 10.9 Å². The molecule has 0 fully saturated rings. The maximum Gasteiger partial charge on any atom is 0.0462 e. The highest BCUT2D eigenvalue weighted by Crippen LogP contribution is 1.85. The van der Waals surface area contributed by atoms with E-state index in [4.69, 9.17) is 5.84 Å². The molecule has 0 aromatic carbocycles. The van der Waals surface area contributed by atoms with Crippen molar-refractivity contribution in [3.05, 3.63) is 12.2 Å².